The summed E-state index contributed by atoms with van der Waals surface area (Å²) < 4.78 is 0. The molecular weight excluding hydrogens is 299 g/mol. The van der Waals surface area contributed by atoms with Gasteiger partial charge >= 0.3 is 29.9 Å². The molecule has 3 N–H and O–H groups in total. The van der Waals surface area contributed by atoms with Gasteiger partial charge in [0.1, 0.15) is 0 Å². The molecule has 0 amide bonds. The number of aliphatic carboxylic acids is 1. The van der Waals surface area contributed by atoms with Crippen LogP contribution in [0.4, 0.5) is 0 Å². The zero-order chi connectivity index (χ0) is 8.27. The number of nitrogens with two attached hydrogens (primary N) is 1. The first-order valence-electron chi connectivity index (χ1n) is 4.17. The van der Waals surface area contributed by atoms with Gasteiger partial charge in [-0.15, -0.1) is 0 Å². The number of halogens is 2. The molecule has 6 heteroatoms. The molecule has 0 aromatic carbocycles. The molecule has 0 heterocycles. The third-order valence-electron chi connectivity index (χ3n) is 2.53. The Balaban J connectivity index is -0.000000403. The van der Waals surface area contributed by atoms with Gasteiger partial charge in [-0.3, -0.25) is 4.79 Å². The van der Waals surface area contributed by atoms with Gasteiger partial charge in [-0.25, -0.2) is 0 Å². The SMILES string of the molecule is NCC1CCC(C(=O)O)CC1.[F-].[F-].[Sn+2]. The van der Waals surface area contributed by atoms with Crippen molar-refractivity contribution < 1.29 is 19.3 Å². The number of hydrogen-bond acceptors (Lipinski definition) is 2. The Bertz CT molecular complexity index is 152. The monoisotopic (exact) mass is 315 g/mol. The van der Waals surface area contributed by atoms with Crippen LogP contribution in [0.25, 0.3) is 0 Å². The predicted molar refractivity (Wildman–Crippen MR) is 47.9 cm³/mol. The van der Waals surface area contributed by atoms with Gasteiger partial charge < -0.3 is 20.2 Å². The van der Waals surface area contributed by atoms with Crippen LogP contribution in [0.15, 0.2) is 0 Å². The summed E-state index contributed by atoms with van der Waals surface area (Å²) in [6.07, 6.45) is 3.62. The Morgan fingerprint density at radius 2 is 1.64 bits per heavy atom. The van der Waals surface area contributed by atoms with Gasteiger partial charge in [0.05, 0.1) is 5.92 Å². The quantitative estimate of drug-likeness (QED) is 0.500. The molecule has 1 rings (SSSR count). The first-order valence-corrected chi connectivity index (χ1v) is 4.17. The largest absolute Gasteiger partial charge is 2.00 e. The minimum atomic E-state index is -0.638. The number of carboxylic acid groups (broad SMARTS) is 1. The van der Waals surface area contributed by atoms with Gasteiger partial charge in [0.2, 0.25) is 0 Å². The maximum Gasteiger partial charge on any atom is 2.00 e. The molecule has 0 saturated heterocycles. The van der Waals surface area contributed by atoms with Gasteiger partial charge in [-0.05, 0) is 38.1 Å². The normalized spacial score (nSPS) is 24.9. The van der Waals surface area contributed by atoms with Crippen LogP contribution >= 0.6 is 0 Å². The number of hydrogen-bond donors (Lipinski definition) is 2. The van der Waals surface area contributed by atoms with Crippen molar-refractivity contribution >= 4 is 29.9 Å². The molecule has 0 aromatic heterocycles. The van der Waals surface area contributed by atoms with Crippen LogP contribution in [-0.4, -0.2) is 41.5 Å². The van der Waals surface area contributed by atoms with Crippen molar-refractivity contribution in [1.82, 2.24) is 0 Å². The van der Waals surface area contributed by atoms with Crippen LogP contribution in [-0.2, 0) is 4.79 Å². The van der Waals surface area contributed by atoms with Crippen LogP contribution in [0.3, 0.4) is 0 Å². The van der Waals surface area contributed by atoms with Crippen molar-refractivity contribution in [1.29, 1.82) is 0 Å². The Labute approximate surface area is 99.1 Å². The first kappa shape index (κ1) is 19.6. The summed E-state index contributed by atoms with van der Waals surface area (Å²) in [7, 11) is 0. The zero-order valence-corrected chi connectivity index (χ0v) is 10.7. The van der Waals surface area contributed by atoms with Crippen molar-refractivity contribution in [2.45, 2.75) is 25.7 Å². The van der Waals surface area contributed by atoms with Crippen molar-refractivity contribution in [2.75, 3.05) is 6.54 Å². The Morgan fingerprint density at radius 1 is 1.21 bits per heavy atom. The van der Waals surface area contributed by atoms with E-state index in [1.165, 1.54) is 0 Å². The minimum absolute atomic E-state index is 0. The fourth-order valence-corrected chi connectivity index (χ4v) is 1.65. The van der Waals surface area contributed by atoms with E-state index in [0.29, 0.717) is 12.5 Å². The smallest absolute Gasteiger partial charge is 1.00 e. The number of carbonyl (C=O) groups is 1. The first-order chi connectivity index (χ1) is 5.24. The summed E-state index contributed by atoms with van der Waals surface area (Å²) in [4.78, 5) is 10.5. The van der Waals surface area contributed by atoms with Crippen molar-refractivity contribution in [3.05, 3.63) is 0 Å². The molecule has 1 fully saturated rings. The molecule has 0 spiro atoms. The summed E-state index contributed by atoms with van der Waals surface area (Å²) in [6.45, 7) is 0.715. The summed E-state index contributed by atoms with van der Waals surface area (Å²) in [6, 6.07) is 0. The van der Waals surface area contributed by atoms with E-state index in [-0.39, 0.29) is 39.2 Å². The summed E-state index contributed by atoms with van der Waals surface area (Å²) in [5, 5.41) is 8.67. The van der Waals surface area contributed by atoms with E-state index in [9.17, 15) is 4.79 Å². The predicted octanol–water partition coefficient (Wildman–Crippen LogP) is -5.54. The van der Waals surface area contributed by atoms with Crippen LogP contribution in [0.2, 0.25) is 0 Å². The summed E-state index contributed by atoms with van der Waals surface area (Å²) in [5.74, 6) is -0.163. The molecule has 1 saturated carbocycles. The van der Waals surface area contributed by atoms with E-state index in [1.807, 2.05) is 0 Å². The molecule has 0 atom stereocenters. The van der Waals surface area contributed by atoms with Crippen molar-refractivity contribution in [3.8, 4) is 0 Å². The van der Waals surface area contributed by atoms with Crippen LogP contribution < -0.4 is 15.1 Å². The molecule has 82 valence electrons. The fraction of sp³-hybridized carbons (Fsp3) is 0.875. The van der Waals surface area contributed by atoms with E-state index in [4.69, 9.17) is 10.8 Å². The van der Waals surface area contributed by atoms with E-state index in [1.54, 1.807) is 0 Å². The molecule has 0 aliphatic heterocycles. The van der Waals surface area contributed by atoms with Gasteiger partial charge in [-0.2, -0.15) is 0 Å². The zero-order valence-electron chi connectivity index (χ0n) is 7.88. The topological polar surface area (TPSA) is 63.3 Å². The molecule has 14 heavy (non-hydrogen) atoms. The van der Waals surface area contributed by atoms with Crippen LogP contribution in [0, 0.1) is 11.8 Å². The van der Waals surface area contributed by atoms with Gasteiger partial charge in [0, 0.05) is 0 Å². The molecule has 1 aliphatic carbocycles. The maximum atomic E-state index is 10.5. The molecule has 0 aromatic rings. The molecule has 1 aliphatic rings. The molecule has 3 nitrogen and oxygen atoms in total. The Hall–Kier alpha value is 0.0887. The van der Waals surface area contributed by atoms with E-state index in [0.717, 1.165) is 25.7 Å². The average molecular weight is 314 g/mol. The van der Waals surface area contributed by atoms with Gasteiger partial charge in [0.25, 0.3) is 0 Å². The standard InChI is InChI=1S/C8H15NO2.2FH.Sn/c9-5-6-1-3-7(4-2-6)8(10)11;;;/h6-7H,1-5,9H2,(H,10,11);2*1H;/q;;;+2/p-2. The van der Waals surface area contributed by atoms with E-state index < -0.39 is 5.97 Å². The Morgan fingerprint density at radius 3 is 1.93 bits per heavy atom. The fourth-order valence-electron chi connectivity index (χ4n) is 1.65. The second-order valence-electron chi connectivity index (χ2n) is 3.29. The minimum Gasteiger partial charge on any atom is -1.00 e. The third-order valence-corrected chi connectivity index (χ3v) is 2.53. The van der Waals surface area contributed by atoms with Crippen molar-refractivity contribution in [2.24, 2.45) is 17.6 Å². The molecule has 0 unspecified atom stereocenters. The van der Waals surface area contributed by atoms with Gasteiger partial charge in [0.15, 0.2) is 0 Å². The van der Waals surface area contributed by atoms with E-state index in [2.05, 4.69) is 0 Å². The second-order valence-corrected chi connectivity index (χ2v) is 3.29. The molecule has 0 bridgehead atoms. The van der Waals surface area contributed by atoms with Crippen molar-refractivity contribution in [3.63, 3.8) is 0 Å². The van der Waals surface area contributed by atoms with Crippen LogP contribution in [0.1, 0.15) is 25.7 Å². The Kier molecular flexibility index (Phi) is 13.5. The number of carboxylic acids is 1. The number of rotatable bonds is 2. The maximum absolute atomic E-state index is 10.5. The summed E-state index contributed by atoms with van der Waals surface area (Å²) >= 11 is 0. The third kappa shape index (κ3) is 5.74. The second kappa shape index (κ2) is 9.64. The van der Waals surface area contributed by atoms with Crippen LogP contribution in [0.5, 0.6) is 0 Å². The molecular formula is C8H15F2NO2Sn. The molecule has 2 radical (unpaired) electrons. The van der Waals surface area contributed by atoms with E-state index >= 15 is 0 Å². The summed E-state index contributed by atoms with van der Waals surface area (Å²) in [5.41, 5.74) is 5.48. The van der Waals surface area contributed by atoms with Gasteiger partial charge in [-0.1, -0.05) is 0 Å². The average Bonchev–Trinajstić information content (AvgIpc) is 2.05.